The Labute approximate surface area is 85.7 Å². The monoisotopic (exact) mass is 367 g/mol. The van der Waals surface area contributed by atoms with Gasteiger partial charge < -0.3 is 0 Å². The number of nitrogens with zero attached hydrogens (tertiary/aromatic N) is 1. The molecule has 0 radical (unpaired) electrons. The number of benzene rings is 1. The van der Waals surface area contributed by atoms with E-state index in [9.17, 15) is 4.79 Å². The van der Waals surface area contributed by atoms with Gasteiger partial charge in [0.25, 0.3) is 0 Å². The third-order valence-corrected chi connectivity index (χ3v) is 8.47. The molecule has 0 N–H and O–H groups in total. The van der Waals surface area contributed by atoms with E-state index < -0.39 is 23.2 Å². The fourth-order valence-electron chi connectivity index (χ4n) is 0.963. The summed E-state index contributed by atoms with van der Waals surface area (Å²) in [6.45, 7) is 1.34. The van der Waals surface area contributed by atoms with E-state index in [0.717, 1.165) is 3.12 Å². The molecule has 0 aliphatic carbocycles. The molecule has 1 rings (SSSR count). The van der Waals surface area contributed by atoms with Gasteiger partial charge in [-0.1, -0.05) is 0 Å². The summed E-state index contributed by atoms with van der Waals surface area (Å²) in [6, 6.07) is 9.27. The van der Waals surface area contributed by atoms with Crippen LogP contribution in [-0.4, -0.2) is 29.1 Å². The Morgan fingerprint density at radius 2 is 2.08 bits per heavy atom. The number of hydrogen-bond acceptors (Lipinski definition) is 3. The van der Waals surface area contributed by atoms with Gasteiger partial charge in [-0.25, -0.2) is 0 Å². The van der Waals surface area contributed by atoms with Crippen molar-refractivity contribution in [3.63, 3.8) is 0 Å². The van der Waals surface area contributed by atoms with Crippen molar-refractivity contribution in [2.45, 2.75) is 6.92 Å². The van der Waals surface area contributed by atoms with E-state index >= 15 is 0 Å². The van der Waals surface area contributed by atoms with Gasteiger partial charge in [0.1, 0.15) is 0 Å². The van der Waals surface area contributed by atoms with Gasteiger partial charge in [-0.15, -0.1) is 0 Å². The molecule has 0 spiro atoms. The molecule has 0 heterocycles. The number of carbonyl (C=O) groups excluding carboxylic acids is 1. The summed E-state index contributed by atoms with van der Waals surface area (Å²) >= 11 is -3.00. The zero-order chi connectivity index (χ0) is 9.68. The first kappa shape index (κ1) is 10.2. The average Bonchev–Trinajstić information content (AvgIpc) is 2.15. The SMILES string of the molecule is CC(=O)[O][Tl]([C]#N)[c]1ccccc1. The summed E-state index contributed by atoms with van der Waals surface area (Å²) in [5.74, 6) is -0.350. The van der Waals surface area contributed by atoms with Crippen LogP contribution in [0.1, 0.15) is 6.92 Å². The maximum absolute atomic E-state index is 10.7. The third-order valence-electron chi connectivity index (χ3n) is 1.50. The molecule has 0 aliphatic rings. The van der Waals surface area contributed by atoms with Crippen molar-refractivity contribution in [1.29, 1.82) is 5.26 Å². The van der Waals surface area contributed by atoms with E-state index in [2.05, 4.69) is 3.63 Å². The topological polar surface area (TPSA) is 50.1 Å². The molecule has 0 fully saturated rings. The second-order valence-corrected chi connectivity index (χ2v) is 10.00. The standard InChI is InChI=1S/C6H5.C2H4O2.CN.Tl/c1-2-4-6-5-3-1;1-2(3)4;1-2;/h1-5H;1H3,(H,3,4);;/q;;;+1/p-1. The van der Waals surface area contributed by atoms with Crippen molar-refractivity contribution in [3.8, 4) is 3.63 Å². The first-order chi connectivity index (χ1) is 6.24. The number of hydrogen-bond donors (Lipinski definition) is 0. The number of carbonyl (C=O) groups is 1. The molecule has 3 nitrogen and oxygen atoms in total. The van der Waals surface area contributed by atoms with Crippen molar-refractivity contribution in [1.82, 2.24) is 0 Å². The molecule has 13 heavy (non-hydrogen) atoms. The van der Waals surface area contributed by atoms with Crippen molar-refractivity contribution in [2.24, 2.45) is 0 Å². The summed E-state index contributed by atoms with van der Waals surface area (Å²) in [6.07, 6.45) is 0. The van der Waals surface area contributed by atoms with Gasteiger partial charge >= 0.3 is 85.9 Å². The Balaban J connectivity index is 2.80. The molecule has 64 valence electrons. The summed E-state index contributed by atoms with van der Waals surface area (Å²) in [5.41, 5.74) is 0. The predicted octanol–water partition coefficient (Wildman–Crippen LogP) is 0.511. The van der Waals surface area contributed by atoms with Crippen LogP contribution in [0.5, 0.6) is 0 Å². The first-order valence-electron chi connectivity index (χ1n) is 3.86. The third kappa shape index (κ3) is 3.14. The molecule has 0 atom stereocenters. The quantitative estimate of drug-likeness (QED) is 0.717. The molecule has 1 aromatic carbocycles. The molecular weight excluding hydrogens is 358 g/mol. The van der Waals surface area contributed by atoms with Gasteiger partial charge in [-0.05, 0) is 0 Å². The second kappa shape index (κ2) is 4.97. The molecule has 0 unspecified atom stereocenters. The molecule has 0 amide bonds. The van der Waals surface area contributed by atoms with Gasteiger partial charge in [0.05, 0.1) is 0 Å². The predicted molar refractivity (Wildman–Crippen MR) is 49.2 cm³/mol. The van der Waals surface area contributed by atoms with Crippen LogP contribution in [0.15, 0.2) is 30.3 Å². The Morgan fingerprint density at radius 1 is 1.46 bits per heavy atom. The van der Waals surface area contributed by atoms with E-state index in [1.165, 1.54) is 6.92 Å². The summed E-state index contributed by atoms with van der Waals surface area (Å²) in [5, 5.41) is 8.80. The molecule has 0 aliphatic heterocycles. The first-order valence-corrected chi connectivity index (χ1v) is 10.2. The molecular formula is C9H8NO2Tl. The van der Waals surface area contributed by atoms with Crippen molar-refractivity contribution in [2.75, 3.05) is 0 Å². The van der Waals surface area contributed by atoms with Crippen LogP contribution in [0, 0.1) is 8.89 Å². The van der Waals surface area contributed by atoms with E-state index in [0.29, 0.717) is 0 Å². The maximum atomic E-state index is 10.7. The molecule has 0 aromatic heterocycles. The van der Waals surface area contributed by atoms with E-state index in [4.69, 9.17) is 7.95 Å². The minimum absolute atomic E-state index is 0.350. The summed E-state index contributed by atoms with van der Waals surface area (Å²) in [4.78, 5) is 10.7. The molecule has 0 saturated carbocycles. The van der Waals surface area contributed by atoms with Gasteiger partial charge in [0.2, 0.25) is 0 Å². The molecule has 0 saturated heterocycles. The van der Waals surface area contributed by atoms with Gasteiger partial charge in [0.15, 0.2) is 0 Å². The van der Waals surface area contributed by atoms with E-state index in [-0.39, 0.29) is 5.97 Å². The molecule has 0 bridgehead atoms. The second-order valence-electron chi connectivity index (χ2n) is 2.53. The number of rotatable bonds is 2. The van der Waals surface area contributed by atoms with Crippen LogP contribution in [0.2, 0.25) is 0 Å². The Hall–Kier alpha value is -0.898. The van der Waals surface area contributed by atoms with Crippen LogP contribution in [0.3, 0.4) is 0 Å². The Morgan fingerprint density at radius 3 is 2.54 bits per heavy atom. The summed E-state index contributed by atoms with van der Waals surface area (Å²) in [7, 11) is 0. The number of nitriles is 1. The van der Waals surface area contributed by atoms with Gasteiger partial charge in [-0.2, -0.15) is 0 Å². The summed E-state index contributed by atoms with van der Waals surface area (Å²) < 4.78 is 8.05. The zero-order valence-electron chi connectivity index (χ0n) is 7.23. The van der Waals surface area contributed by atoms with Crippen molar-refractivity contribution >= 4 is 32.2 Å². The van der Waals surface area contributed by atoms with Crippen LogP contribution in [0.25, 0.3) is 0 Å². The fourth-order valence-corrected chi connectivity index (χ4v) is 5.79. The van der Waals surface area contributed by atoms with Crippen LogP contribution >= 0.6 is 0 Å². The fraction of sp³-hybridized carbons (Fsp3) is 0.111. The van der Waals surface area contributed by atoms with Gasteiger partial charge in [0, 0.05) is 0 Å². The average molecular weight is 367 g/mol. The van der Waals surface area contributed by atoms with E-state index in [1.54, 1.807) is 0 Å². The van der Waals surface area contributed by atoms with Crippen molar-refractivity contribution < 1.29 is 7.48 Å². The Bertz CT molecular complexity index is 331. The molecule has 4 heteroatoms. The minimum atomic E-state index is -3.00. The van der Waals surface area contributed by atoms with Gasteiger partial charge in [-0.3, -0.25) is 0 Å². The van der Waals surface area contributed by atoms with E-state index in [1.807, 2.05) is 30.3 Å². The van der Waals surface area contributed by atoms with Crippen LogP contribution in [-0.2, 0) is 7.48 Å². The van der Waals surface area contributed by atoms with Crippen LogP contribution in [0.4, 0.5) is 0 Å². The zero-order valence-corrected chi connectivity index (χ0v) is 11.7. The normalized spacial score (nSPS) is 8.62. The molecule has 1 aromatic rings. The van der Waals surface area contributed by atoms with Crippen LogP contribution < -0.4 is 3.12 Å². The van der Waals surface area contributed by atoms with Crippen molar-refractivity contribution in [3.05, 3.63) is 30.3 Å². The Kier molecular flexibility index (Phi) is 3.89.